The van der Waals surface area contributed by atoms with E-state index < -0.39 is 17.4 Å². The zero-order chi connectivity index (χ0) is 14.4. The normalized spacial score (nSPS) is 35.3. The molecule has 3 atom stereocenters. The first-order valence-corrected chi connectivity index (χ1v) is 6.96. The summed E-state index contributed by atoms with van der Waals surface area (Å²) in [4.78, 5) is 37.5. The SMILES string of the molecule is CC1CCCC(N2C(=O)NC(=O)C(C)(C)C2=O)C1C. The van der Waals surface area contributed by atoms with Crippen LogP contribution in [0.15, 0.2) is 0 Å². The van der Waals surface area contributed by atoms with Crippen molar-refractivity contribution in [2.24, 2.45) is 17.3 Å². The summed E-state index contributed by atoms with van der Waals surface area (Å²) >= 11 is 0. The fourth-order valence-electron chi connectivity index (χ4n) is 3.02. The summed E-state index contributed by atoms with van der Waals surface area (Å²) in [6, 6.07) is -0.649. The summed E-state index contributed by atoms with van der Waals surface area (Å²) < 4.78 is 0. The molecule has 2 rings (SSSR count). The summed E-state index contributed by atoms with van der Waals surface area (Å²) in [5.41, 5.74) is -1.16. The lowest BCUT2D eigenvalue weighted by molar-refractivity contribution is -0.152. The van der Waals surface area contributed by atoms with Crippen LogP contribution in [-0.2, 0) is 9.59 Å². The number of carbonyl (C=O) groups excluding carboxylic acids is 3. The second kappa shape index (κ2) is 4.62. The standard InChI is InChI=1S/C14H22N2O3/c1-8-6-5-7-10(9(8)2)16-12(18)14(3,4)11(17)15-13(16)19/h8-10H,5-7H2,1-4H3,(H,15,17,19). The third-order valence-electron chi connectivity index (χ3n) is 4.76. The molecule has 1 N–H and O–H groups in total. The van der Waals surface area contributed by atoms with Crippen molar-refractivity contribution in [1.29, 1.82) is 0 Å². The molecule has 2 aliphatic rings. The summed E-state index contributed by atoms with van der Waals surface area (Å²) in [7, 11) is 0. The molecule has 4 amide bonds. The smallest absolute Gasteiger partial charge is 0.277 e. The quantitative estimate of drug-likeness (QED) is 0.737. The largest absolute Gasteiger partial charge is 0.331 e. The molecule has 3 unspecified atom stereocenters. The van der Waals surface area contributed by atoms with E-state index in [0.29, 0.717) is 5.92 Å². The number of nitrogens with zero attached hydrogens (tertiary/aromatic N) is 1. The van der Waals surface area contributed by atoms with Crippen LogP contribution < -0.4 is 5.32 Å². The lowest BCUT2D eigenvalue weighted by Crippen LogP contribution is -2.65. The molecule has 1 saturated heterocycles. The average Bonchev–Trinajstić information content (AvgIpc) is 2.33. The van der Waals surface area contributed by atoms with Crippen molar-refractivity contribution in [1.82, 2.24) is 10.2 Å². The van der Waals surface area contributed by atoms with Gasteiger partial charge in [-0.05, 0) is 32.1 Å². The van der Waals surface area contributed by atoms with Crippen molar-refractivity contribution < 1.29 is 14.4 Å². The molecule has 5 heteroatoms. The van der Waals surface area contributed by atoms with Crippen LogP contribution in [0.2, 0.25) is 0 Å². The van der Waals surface area contributed by atoms with Gasteiger partial charge in [0.05, 0.1) is 0 Å². The predicted octanol–water partition coefficient (Wildman–Crippen LogP) is 1.92. The Morgan fingerprint density at radius 3 is 2.42 bits per heavy atom. The Labute approximate surface area is 113 Å². The maximum atomic E-state index is 12.5. The molecule has 1 aliphatic heterocycles. The highest BCUT2D eigenvalue weighted by Gasteiger charge is 2.50. The number of barbiturate groups is 1. The van der Waals surface area contributed by atoms with E-state index in [1.807, 2.05) is 0 Å². The molecule has 0 bridgehead atoms. The number of hydrogen-bond acceptors (Lipinski definition) is 3. The maximum absolute atomic E-state index is 12.5. The van der Waals surface area contributed by atoms with Crippen LogP contribution in [0, 0.1) is 17.3 Å². The van der Waals surface area contributed by atoms with Crippen LogP contribution in [-0.4, -0.2) is 28.8 Å². The monoisotopic (exact) mass is 266 g/mol. The zero-order valence-electron chi connectivity index (χ0n) is 12.0. The van der Waals surface area contributed by atoms with Gasteiger partial charge in [-0.15, -0.1) is 0 Å². The molecular formula is C14H22N2O3. The van der Waals surface area contributed by atoms with Crippen LogP contribution >= 0.6 is 0 Å². The van der Waals surface area contributed by atoms with E-state index in [2.05, 4.69) is 19.2 Å². The van der Waals surface area contributed by atoms with Gasteiger partial charge in [0.2, 0.25) is 11.8 Å². The Morgan fingerprint density at radius 2 is 1.79 bits per heavy atom. The third-order valence-corrected chi connectivity index (χ3v) is 4.76. The number of rotatable bonds is 1. The number of hydrogen-bond donors (Lipinski definition) is 1. The van der Waals surface area contributed by atoms with Crippen molar-refractivity contribution in [2.45, 2.75) is 53.0 Å². The predicted molar refractivity (Wildman–Crippen MR) is 70.1 cm³/mol. The van der Waals surface area contributed by atoms with E-state index in [0.717, 1.165) is 19.3 Å². The number of carbonyl (C=O) groups is 3. The van der Waals surface area contributed by atoms with E-state index in [9.17, 15) is 14.4 Å². The summed E-state index contributed by atoms with van der Waals surface area (Å²) in [5, 5.41) is 2.31. The van der Waals surface area contributed by atoms with Gasteiger partial charge in [0.25, 0.3) is 0 Å². The van der Waals surface area contributed by atoms with Gasteiger partial charge in [0.15, 0.2) is 0 Å². The molecule has 0 radical (unpaired) electrons. The van der Waals surface area contributed by atoms with E-state index in [1.165, 1.54) is 4.90 Å². The number of imide groups is 2. The minimum atomic E-state index is -1.16. The first kappa shape index (κ1) is 14.0. The van der Waals surface area contributed by atoms with Gasteiger partial charge in [-0.25, -0.2) is 4.79 Å². The minimum Gasteiger partial charge on any atom is -0.277 e. The lowest BCUT2D eigenvalue weighted by Gasteiger charge is -2.44. The van der Waals surface area contributed by atoms with Crippen molar-refractivity contribution in [3.63, 3.8) is 0 Å². The average molecular weight is 266 g/mol. The van der Waals surface area contributed by atoms with Gasteiger partial charge < -0.3 is 0 Å². The highest BCUT2D eigenvalue weighted by molar-refractivity contribution is 6.18. The summed E-state index contributed by atoms with van der Waals surface area (Å²) in [6.45, 7) is 7.37. The topological polar surface area (TPSA) is 66.5 Å². The maximum Gasteiger partial charge on any atom is 0.331 e. The van der Waals surface area contributed by atoms with Crippen molar-refractivity contribution in [2.75, 3.05) is 0 Å². The van der Waals surface area contributed by atoms with Gasteiger partial charge in [-0.2, -0.15) is 0 Å². The molecule has 0 aromatic carbocycles. The molecule has 0 aromatic rings. The molecule has 1 heterocycles. The second-order valence-corrected chi connectivity index (χ2v) is 6.39. The van der Waals surface area contributed by atoms with Gasteiger partial charge in [-0.3, -0.25) is 19.8 Å². The molecule has 19 heavy (non-hydrogen) atoms. The van der Waals surface area contributed by atoms with Crippen molar-refractivity contribution in [3.8, 4) is 0 Å². The molecule has 5 nitrogen and oxygen atoms in total. The molecular weight excluding hydrogens is 244 g/mol. The van der Waals surface area contributed by atoms with Crippen LogP contribution in [0.5, 0.6) is 0 Å². The Morgan fingerprint density at radius 1 is 1.16 bits per heavy atom. The second-order valence-electron chi connectivity index (χ2n) is 6.39. The fourth-order valence-corrected chi connectivity index (χ4v) is 3.02. The Bertz CT molecular complexity index is 430. The van der Waals surface area contributed by atoms with Crippen LogP contribution in [0.25, 0.3) is 0 Å². The molecule has 0 spiro atoms. The number of nitrogens with one attached hydrogen (secondary N) is 1. The molecule has 1 aliphatic carbocycles. The molecule has 106 valence electrons. The number of urea groups is 1. The van der Waals surface area contributed by atoms with Gasteiger partial charge in [-0.1, -0.05) is 26.7 Å². The fraction of sp³-hybridized carbons (Fsp3) is 0.786. The van der Waals surface area contributed by atoms with Crippen molar-refractivity contribution >= 4 is 17.8 Å². The first-order chi connectivity index (χ1) is 8.76. The summed E-state index contributed by atoms with van der Waals surface area (Å²) in [6.07, 6.45) is 2.97. The zero-order valence-corrected chi connectivity index (χ0v) is 12.0. The van der Waals surface area contributed by atoms with Crippen LogP contribution in [0.1, 0.15) is 47.0 Å². The summed E-state index contributed by atoms with van der Waals surface area (Å²) in [5.74, 6) is -0.116. The van der Waals surface area contributed by atoms with Gasteiger partial charge in [0.1, 0.15) is 5.41 Å². The molecule has 0 aromatic heterocycles. The van der Waals surface area contributed by atoms with E-state index in [-0.39, 0.29) is 17.9 Å². The highest BCUT2D eigenvalue weighted by atomic mass is 16.2. The van der Waals surface area contributed by atoms with E-state index in [1.54, 1.807) is 13.8 Å². The number of amides is 4. The van der Waals surface area contributed by atoms with Crippen LogP contribution in [0.4, 0.5) is 4.79 Å². The first-order valence-electron chi connectivity index (χ1n) is 6.96. The Kier molecular flexibility index (Phi) is 3.41. The van der Waals surface area contributed by atoms with E-state index >= 15 is 0 Å². The highest BCUT2D eigenvalue weighted by Crippen LogP contribution is 2.36. The van der Waals surface area contributed by atoms with Crippen molar-refractivity contribution in [3.05, 3.63) is 0 Å². The lowest BCUT2D eigenvalue weighted by atomic mass is 9.76. The Hall–Kier alpha value is -1.39. The molecule has 1 saturated carbocycles. The van der Waals surface area contributed by atoms with Gasteiger partial charge >= 0.3 is 6.03 Å². The Balaban J connectivity index is 2.30. The van der Waals surface area contributed by atoms with Gasteiger partial charge in [0, 0.05) is 6.04 Å². The minimum absolute atomic E-state index is 0.0939. The van der Waals surface area contributed by atoms with Crippen LogP contribution in [0.3, 0.4) is 0 Å². The molecule has 2 fully saturated rings. The third kappa shape index (κ3) is 2.15. The van der Waals surface area contributed by atoms with E-state index in [4.69, 9.17) is 0 Å².